The number of hydrogen-bond donors (Lipinski definition) is 3. The number of thiazole rings is 1. The predicted molar refractivity (Wildman–Crippen MR) is 109 cm³/mol. The van der Waals surface area contributed by atoms with Crippen molar-refractivity contribution in [2.45, 2.75) is 31.8 Å². The molecule has 0 bridgehead atoms. The van der Waals surface area contributed by atoms with Crippen molar-refractivity contribution in [2.75, 3.05) is 31.7 Å². The first-order chi connectivity index (χ1) is 14.1. The van der Waals surface area contributed by atoms with Crippen molar-refractivity contribution in [3.63, 3.8) is 0 Å². The van der Waals surface area contributed by atoms with Crippen LogP contribution in [0.15, 0.2) is 29.6 Å². The minimum atomic E-state index is -0.366. The quantitative estimate of drug-likeness (QED) is 0.510. The zero-order valence-corrected chi connectivity index (χ0v) is 16.9. The number of rotatable bonds is 10. The molecule has 156 valence electrons. The van der Waals surface area contributed by atoms with Crippen LogP contribution in [-0.4, -0.2) is 54.4 Å². The Morgan fingerprint density at radius 1 is 1.38 bits per heavy atom. The van der Waals surface area contributed by atoms with Gasteiger partial charge in [-0.2, -0.15) is 0 Å². The van der Waals surface area contributed by atoms with E-state index < -0.39 is 0 Å². The van der Waals surface area contributed by atoms with Crippen LogP contribution >= 0.6 is 11.3 Å². The lowest BCUT2D eigenvalue weighted by molar-refractivity contribution is -0.120. The first-order valence-corrected chi connectivity index (χ1v) is 10.5. The second kappa shape index (κ2) is 10.9. The maximum Gasteiger partial charge on any atom is 0.257 e. The fourth-order valence-electron chi connectivity index (χ4n) is 2.88. The molecule has 0 saturated carbocycles. The third-order valence-corrected chi connectivity index (χ3v) is 5.14. The number of ether oxygens (including phenoxy) is 2. The van der Waals surface area contributed by atoms with E-state index in [9.17, 15) is 14.7 Å². The minimum absolute atomic E-state index is 0.0198. The Morgan fingerprint density at radius 2 is 2.28 bits per heavy atom. The zero-order chi connectivity index (χ0) is 20.5. The SMILES string of the molecule is O=C(Cc1csc(NC(=O)c2cccc(O)c2)n1)NCCCOCC1CCCO1. The molecule has 2 heterocycles. The van der Waals surface area contributed by atoms with Gasteiger partial charge < -0.3 is 19.9 Å². The molecular weight excluding hydrogens is 394 g/mol. The molecule has 1 aliphatic rings. The lowest BCUT2D eigenvalue weighted by Crippen LogP contribution is -2.27. The number of carbonyl (C=O) groups is 2. The Morgan fingerprint density at radius 3 is 3.07 bits per heavy atom. The van der Waals surface area contributed by atoms with E-state index in [1.807, 2.05) is 0 Å². The third kappa shape index (κ3) is 7.12. The smallest absolute Gasteiger partial charge is 0.257 e. The molecule has 9 heteroatoms. The fourth-order valence-corrected chi connectivity index (χ4v) is 3.59. The van der Waals surface area contributed by atoms with Gasteiger partial charge in [-0.25, -0.2) is 4.98 Å². The maximum absolute atomic E-state index is 12.2. The topological polar surface area (TPSA) is 110 Å². The van der Waals surface area contributed by atoms with Crippen LogP contribution in [0.25, 0.3) is 0 Å². The number of benzene rings is 1. The number of phenolic OH excluding ortho intramolecular Hbond substituents is 1. The van der Waals surface area contributed by atoms with E-state index in [1.54, 1.807) is 17.5 Å². The molecule has 1 aliphatic heterocycles. The molecule has 1 aromatic carbocycles. The summed E-state index contributed by atoms with van der Waals surface area (Å²) < 4.78 is 11.0. The third-order valence-electron chi connectivity index (χ3n) is 4.34. The summed E-state index contributed by atoms with van der Waals surface area (Å²) in [6.07, 6.45) is 3.26. The number of carbonyl (C=O) groups excluding carboxylic acids is 2. The van der Waals surface area contributed by atoms with Crippen molar-refractivity contribution in [2.24, 2.45) is 0 Å². The molecule has 8 nitrogen and oxygen atoms in total. The van der Waals surface area contributed by atoms with Gasteiger partial charge in [-0.05, 0) is 37.5 Å². The van der Waals surface area contributed by atoms with E-state index in [4.69, 9.17) is 9.47 Å². The largest absolute Gasteiger partial charge is 0.508 e. The summed E-state index contributed by atoms with van der Waals surface area (Å²) in [5, 5.41) is 17.1. The Balaban J connectivity index is 1.32. The van der Waals surface area contributed by atoms with Crippen LogP contribution in [0.5, 0.6) is 5.75 Å². The van der Waals surface area contributed by atoms with E-state index in [-0.39, 0.29) is 30.1 Å². The van der Waals surface area contributed by atoms with Gasteiger partial charge in [-0.3, -0.25) is 14.9 Å². The van der Waals surface area contributed by atoms with Gasteiger partial charge in [0.15, 0.2) is 5.13 Å². The zero-order valence-electron chi connectivity index (χ0n) is 16.1. The first-order valence-electron chi connectivity index (χ1n) is 9.61. The highest BCUT2D eigenvalue weighted by Crippen LogP contribution is 2.18. The van der Waals surface area contributed by atoms with E-state index in [1.165, 1.54) is 23.5 Å². The first kappa shape index (κ1) is 21.2. The molecule has 1 unspecified atom stereocenters. The molecule has 29 heavy (non-hydrogen) atoms. The average Bonchev–Trinajstić information content (AvgIpc) is 3.36. The van der Waals surface area contributed by atoms with E-state index >= 15 is 0 Å². The van der Waals surface area contributed by atoms with Crippen molar-refractivity contribution >= 4 is 28.3 Å². The molecule has 1 fully saturated rings. The number of hydrogen-bond acceptors (Lipinski definition) is 7. The van der Waals surface area contributed by atoms with Gasteiger partial charge in [-0.15, -0.1) is 11.3 Å². The molecule has 0 radical (unpaired) electrons. The summed E-state index contributed by atoms with van der Waals surface area (Å²) in [4.78, 5) is 28.4. The van der Waals surface area contributed by atoms with Gasteiger partial charge in [0.1, 0.15) is 5.75 Å². The van der Waals surface area contributed by atoms with E-state index in [0.29, 0.717) is 36.1 Å². The lowest BCUT2D eigenvalue weighted by Gasteiger charge is -2.10. The molecule has 1 aromatic heterocycles. The number of aromatic hydroxyl groups is 1. The van der Waals surface area contributed by atoms with Crippen molar-refractivity contribution in [1.82, 2.24) is 10.3 Å². The molecule has 2 aromatic rings. The number of anilines is 1. The van der Waals surface area contributed by atoms with Crippen LogP contribution < -0.4 is 10.6 Å². The number of phenols is 1. The number of aromatic nitrogens is 1. The minimum Gasteiger partial charge on any atom is -0.508 e. The highest BCUT2D eigenvalue weighted by atomic mass is 32.1. The normalized spacial score (nSPS) is 15.9. The van der Waals surface area contributed by atoms with Gasteiger partial charge in [0.2, 0.25) is 5.91 Å². The van der Waals surface area contributed by atoms with Gasteiger partial charge in [0.05, 0.1) is 24.8 Å². The Hall–Kier alpha value is -2.49. The van der Waals surface area contributed by atoms with Crippen molar-refractivity contribution < 1.29 is 24.2 Å². The Bertz CT molecular complexity index is 820. The predicted octanol–water partition coefficient (Wildman–Crippen LogP) is 2.35. The number of nitrogens with one attached hydrogen (secondary N) is 2. The van der Waals surface area contributed by atoms with Crippen molar-refractivity contribution in [3.05, 3.63) is 40.9 Å². The Labute approximate surface area is 173 Å². The van der Waals surface area contributed by atoms with Gasteiger partial charge >= 0.3 is 0 Å². The number of amides is 2. The second-order valence-electron chi connectivity index (χ2n) is 6.74. The maximum atomic E-state index is 12.2. The highest BCUT2D eigenvalue weighted by Gasteiger charge is 2.15. The van der Waals surface area contributed by atoms with Gasteiger partial charge in [0.25, 0.3) is 5.91 Å². The number of nitrogens with zero attached hydrogens (tertiary/aromatic N) is 1. The van der Waals surface area contributed by atoms with Crippen molar-refractivity contribution in [3.8, 4) is 5.75 Å². The van der Waals surface area contributed by atoms with Gasteiger partial charge in [0, 0.05) is 30.7 Å². The summed E-state index contributed by atoms with van der Waals surface area (Å²) in [5.41, 5.74) is 0.926. The molecule has 2 amide bonds. The summed E-state index contributed by atoms with van der Waals surface area (Å²) in [7, 11) is 0. The molecule has 3 rings (SSSR count). The monoisotopic (exact) mass is 419 g/mol. The van der Waals surface area contributed by atoms with Crippen LogP contribution in [0.4, 0.5) is 5.13 Å². The molecule has 1 saturated heterocycles. The molecule has 0 aliphatic carbocycles. The van der Waals surface area contributed by atoms with E-state index in [2.05, 4.69) is 15.6 Å². The summed E-state index contributed by atoms with van der Waals surface area (Å²) >= 11 is 1.25. The van der Waals surface area contributed by atoms with Crippen LogP contribution in [-0.2, 0) is 20.7 Å². The van der Waals surface area contributed by atoms with Gasteiger partial charge in [-0.1, -0.05) is 6.07 Å². The van der Waals surface area contributed by atoms with Crippen LogP contribution in [0.1, 0.15) is 35.3 Å². The highest BCUT2D eigenvalue weighted by molar-refractivity contribution is 7.14. The summed E-state index contributed by atoms with van der Waals surface area (Å²) in [6.45, 7) is 2.56. The summed E-state index contributed by atoms with van der Waals surface area (Å²) in [5.74, 6) is -0.471. The molecule has 1 atom stereocenters. The second-order valence-corrected chi connectivity index (χ2v) is 7.60. The summed E-state index contributed by atoms with van der Waals surface area (Å²) in [6, 6.07) is 6.06. The lowest BCUT2D eigenvalue weighted by atomic mass is 10.2. The fraction of sp³-hybridized carbons (Fsp3) is 0.450. The van der Waals surface area contributed by atoms with Crippen LogP contribution in [0.2, 0.25) is 0 Å². The van der Waals surface area contributed by atoms with E-state index in [0.717, 1.165) is 25.9 Å². The molecule has 3 N–H and O–H groups in total. The average molecular weight is 420 g/mol. The standard InChI is InChI=1S/C20H25N3O5S/c24-16-5-1-4-14(10-16)19(26)23-20-22-15(13-29-20)11-18(25)21-7-3-8-27-12-17-6-2-9-28-17/h1,4-5,10,13,17,24H,2-3,6-9,11-12H2,(H,21,25)(H,22,23,26). The van der Waals surface area contributed by atoms with Crippen LogP contribution in [0.3, 0.4) is 0 Å². The molecule has 0 spiro atoms. The molecular formula is C20H25N3O5S. The van der Waals surface area contributed by atoms with Crippen molar-refractivity contribution in [1.29, 1.82) is 0 Å². The Kier molecular flexibility index (Phi) is 7.97. The van der Waals surface area contributed by atoms with Crippen LogP contribution in [0, 0.1) is 0 Å².